The first-order valence-corrected chi connectivity index (χ1v) is 11.2. The molecule has 0 aliphatic carbocycles. The Morgan fingerprint density at radius 1 is 1.23 bits per heavy atom. The average Bonchev–Trinajstić information content (AvgIpc) is 2.73. The molecule has 0 bridgehead atoms. The summed E-state index contributed by atoms with van der Waals surface area (Å²) in [7, 11) is 1.79. The van der Waals surface area contributed by atoms with Gasteiger partial charge in [0.1, 0.15) is 0 Å². The molecule has 1 heterocycles. The highest BCUT2D eigenvalue weighted by Crippen LogP contribution is 2.13. The second-order valence-electron chi connectivity index (χ2n) is 8.24. The molecule has 31 heavy (non-hydrogen) atoms. The van der Waals surface area contributed by atoms with Crippen LogP contribution in [0.5, 0.6) is 0 Å². The number of aliphatic imine (C=N–C) groups is 1. The number of amides is 1. The maximum Gasteiger partial charge on any atom is 0.224 e. The minimum atomic E-state index is 0. The molecule has 8 heteroatoms. The molecule has 1 aromatic carbocycles. The van der Waals surface area contributed by atoms with E-state index in [0.29, 0.717) is 24.9 Å². The van der Waals surface area contributed by atoms with Crippen LogP contribution >= 0.6 is 24.0 Å². The number of morpholine rings is 1. The van der Waals surface area contributed by atoms with Gasteiger partial charge >= 0.3 is 0 Å². The number of anilines is 1. The van der Waals surface area contributed by atoms with Crippen molar-refractivity contribution < 1.29 is 9.53 Å². The molecular weight excluding hydrogens is 505 g/mol. The Kier molecular flexibility index (Phi) is 13.7. The SMILES string of the molecule is CCCC(=O)Nc1cccc(CNC(=NC)NCC(CC(C)C)N2CCOCC2)c1.I. The number of carbonyl (C=O) groups is 1. The molecule has 1 amide bonds. The molecule has 1 aromatic rings. The summed E-state index contributed by atoms with van der Waals surface area (Å²) in [6.07, 6.45) is 2.53. The first-order valence-electron chi connectivity index (χ1n) is 11.2. The van der Waals surface area contributed by atoms with Crippen molar-refractivity contribution in [2.75, 3.05) is 45.2 Å². The van der Waals surface area contributed by atoms with E-state index in [9.17, 15) is 4.79 Å². The van der Waals surface area contributed by atoms with Crippen LogP contribution in [0.3, 0.4) is 0 Å². The highest BCUT2D eigenvalue weighted by Gasteiger charge is 2.22. The predicted molar refractivity (Wildman–Crippen MR) is 139 cm³/mol. The predicted octanol–water partition coefficient (Wildman–Crippen LogP) is 3.46. The molecule has 3 N–H and O–H groups in total. The van der Waals surface area contributed by atoms with Crippen LogP contribution in [0.1, 0.15) is 45.6 Å². The van der Waals surface area contributed by atoms with E-state index >= 15 is 0 Å². The minimum absolute atomic E-state index is 0. The van der Waals surface area contributed by atoms with Crippen molar-refractivity contribution in [3.8, 4) is 0 Å². The van der Waals surface area contributed by atoms with Gasteiger partial charge in [0.2, 0.25) is 5.91 Å². The number of ether oxygens (including phenoxy) is 1. The van der Waals surface area contributed by atoms with E-state index in [1.807, 2.05) is 31.2 Å². The third-order valence-electron chi connectivity index (χ3n) is 5.18. The number of guanidine groups is 1. The summed E-state index contributed by atoms with van der Waals surface area (Å²) in [5.41, 5.74) is 1.93. The van der Waals surface area contributed by atoms with Crippen LogP contribution < -0.4 is 16.0 Å². The fourth-order valence-corrected chi connectivity index (χ4v) is 3.68. The molecule has 0 aromatic heterocycles. The third-order valence-corrected chi connectivity index (χ3v) is 5.18. The van der Waals surface area contributed by atoms with Crippen LogP contribution in [-0.2, 0) is 16.1 Å². The zero-order valence-corrected chi connectivity index (χ0v) is 21.8. The fraction of sp³-hybridized carbons (Fsp3) is 0.652. The number of nitrogens with one attached hydrogen (secondary N) is 3. The number of benzene rings is 1. The summed E-state index contributed by atoms with van der Waals surface area (Å²) in [6, 6.07) is 8.40. The van der Waals surface area contributed by atoms with Gasteiger partial charge in [0.05, 0.1) is 13.2 Å². The fourth-order valence-electron chi connectivity index (χ4n) is 3.68. The quantitative estimate of drug-likeness (QED) is 0.239. The number of nitrogens with zero attached hydrogens (tertiary/aromatic N) is 2. The molecule has 1 fully saturated rings. The van der Waals surface area contributed by atoms with Crippen LogP contribution in [0.4, 0.5) is 5.69 Å². The molecule has 176 valence electrons. The summed E-state index contributed by atoms with van der Waals surface area (Å²) in [5.74, 6) is 1.48. The molecule has 0 saturated carbocycles. The van der Waals surface area contributed by atoms with Gasteiger partial charge in [-0.1, -0.05) is 32.9 Å². The van der Waals surface area contributed by atoms with Gasteiger partial charge in [0, 0.05) is 51.4 Å². The molecule has 2 rings (SSSR count). The van der Waals surface area contributed by atoms with Crippen molar-refractivity contribution in [3.05, 3.63) is 29.8 Å². The normalized spacial score (nSPS) is 15.8. The van der Waals surface area contributed by atoms with Gasteiger partial charge in [-0.15, -0.1) is 24.0 Å². The van der Waals surface area contributed by atoms with Crippen molar-refractivity contribution in [1.29, 1.82) is 0 Å². The number of hydrogen-bond donors (Lipinski definition) is 3. The number of rotatable bonds is 10. The van der Waals surface area contributed by atoms with Gasteiger partial charge in [-0.25, -0.2) is 0 Å². The van der Waals surface area contributed by atoms with Gasteiger partial charge < -0.3 is 20.7 Å². The molecule has 1 aliphatic heterocycles. The van der Waals surface area contributed by atoms with E-state index in [2.05, 4.69) is 39.7 Å². The summed E-state index contributed by atoms with van der Waals surface area (Å²) in [6.45, 7) is 11.6. The summed E-state index contributed by atoms with van der Waals surface area (Å²) in [4.78, 5) is 18.7. The summed E-state index contributed by atoms with van der Waals surface area (Å²) in [5, 5.41) is 9.83. The van der Waals surface area contributed by atoms with E-state index in [1.165, 1.54) is 0 Å². The standard InChI is InChI=1S/C23H39N5O2.HI/c1-5-7-22(29)27-20-9-6-8-19(15-20)16-25-23(24-4)26-17-21(14-18(2)3)28-10-12-30-13-11-28;/h6,8-9,15,18,21H,5,7,10-14,16-17H2,1-4H3,(H,27,29)(H2,24,25,26);1H. The topological polar surface area (TPSA) is 78.0 Å². The van der Waals surface area contributed by atoms with Crippen LogP contribution in [0, 0.1) is 5.92 Å². The van der Waals surface area contributed by atoms with Crippen molar-refractivity contribution in [2.24, 2.45) is 10.9 Å². The van der Waals surface area contributed by atoms with Crippen LogP contribution in [0.15, 0.2) is 29.3 Å². The monoisotopic (exact) mass is 545 g/mol. The Balaban J connectivity index is 0.00000480. The molecule has 1 atom stereocenters. The van der Waals surface area contributed by atoms with E-state index in [1.54, 1.807) is 7.05 Å². The van der Waals surface area contributed by atoms with Crippen LogP contribution in [0.25, 0.3) is 0 Å². The molecule has 1 saturated heterocycles. The van der Waals surface area contributed by atoms with Gasteiger partial charge in [-0.2, -0.15) is 0 Å². The zero-order chi connectivity index (χ0) is 21.8. The second kappa shape index (κ2) is 15.4. The average molecular weight is 546 g/mol. The van der Waals surface area contributed by atoms with E-state index in [4.69, 9.17) is 4.74 Å². The lowest BCUT2D eigenvalue weighted by Gasteiger charge is -2.35. The highest BCUT2D eigenvalue weighted by atomic mass is 127. The smallest absolute Gasteiger partial charge is 0.224 e. The van der Waals surface area contributed by atoms with E-state index in [-0.39, 0.29) is 29.9 Å². The Labute approximate surface area is 204 Å². The third kappa shape index (κ3) is 10.7. The Bertz CT molecular complexity index is 678. The maximum absolute atomic E-state index is 11.8. The Morgan fingerprint density at radius 2 is 1.97 bits per heavy atom. The molecule has 7 nitrogen and oxygen atoms in total. The first-order chi connectivity index (χ1) is 14.5. The zero-order valence-electron chi connectivity index (χ0n) is 19.4. The van der Waals surface area contributed by atoms with E-state index in [0.717, 1.165) is 62.9 Å². The largest absolute Gasteiger partial charge is 0.379 e. The van der Waals surface area contributed by atoms with Gasteiger partial charge in [-0.05, 0) is 36.5 Å². The number of carbonyl (C=O) groups excluding carboxylic acids is 1. The van der Waals surface area contributed by atoms with Crippen molar-refractivity contribution >= 4 is 41.5 Å². The number of halogens is 1. The van der Waals surface area contributed by atoms with Crippen molar-refractivity contribution in [3.63, 3.8) is 0 Å². The molecule has 0 radical (unpaired) electrons. The van der Waals surface area contributed by atoms with E-state index < -0.39 is 0 Å². The van der Waals surface area contributed by atoms with Gasteiger partial charge in [-0.3, -0.25) is 14.7 Å². The van der Waals surface area contributed by atoms with Gasteiger partial charge in [0.15, 0.2) is 5.96 Å². The minimum Gasteiger partial charge on any atom is -0.379 e. The lowest BCUT2D eigenvalue weighted by atomic mass is 10.0. The van der Waals surface area contributed by atoms with Crippen LogP contribution in [0.2, 0.25) is 0 Å². The lowest BCUT2D eigenvalue weighted by molar-refractivity contribution is -0.116. The summed E-state index contributed by atoms with van der Waals surface area (Å²) < 4.78 is 5.51. The molecular formula is C23H40IN5O2. The molecule has 0 spiro atoms. The Hall–Kier alpha value is -1.39. The summed E-state index contributed by atoms with van der Waals surface area (Å²) >= 11 is 0. The van der Waals surface area contributed by atoms with Crippen molar-refractivity contribution in [2.45, 2.75) is 52.6 Å². The first kappa shape index (κ1) is 27.6. The van der Waals surface area contributed by atoms with Crippen LogP contribution in [-0.4, -0.2) is 62.7 Å². The highest BCUT2D eigenvalue weighted by molar-refractivity contribution is 14.0. The lowest BCUT2D eigenvalue weighted by Crippen LogP contribution is -2.50. The molecule has 1 aliphatic rings. The maximum atomic E-state index is 11.8. The van der Waals surface area contributed by atoms with Crippen molar-refractivity contribution in [1.82, 2.24) is 15.5 Å². The number of hydrogen-bond acceptors (Lipinski definition) is 4. The van der Waals surface area contributed by atoms with Gasteiger partial charge in [0.25, 0.3) is 0 Å². The Morgan fingerprint density at radius 3 is 2.61 bits per heavy atom. The molecule has 1 unspecified atom stereocenters. The second-order valence-corrected chi connectivity index (χ2v) is 8.24.